The summed E-state index contributed by atoms with van der Waals surface area (Å²) in [5.74, 6) is 0.690. The van der Waals surface area contributed by atoms with E-state index < -0.39 is 5.60 Å². The molecule has 0 radical (unpaired) electrons. The van der Waals surface area contributed by atoms with Crippen LogP contribution in [0.3, 0.4) is 0 Å². The second kappa shape index (κ2) is 5.24. The van der Waals surface area contributed by atoms with Gasteiger partial charge in [-0.25, -0.2) is 0 Å². The molecule has 20 heavy (non-hydrogen) atoms. The van der Waals surface area contributed by atoms with Gasteiger partial charge in [-0.05, 0) is 38.0 Å². The van der Waals surface area contributed by atoms with Crippen LogP contribution < -0.4 is 5.73 Å². The molecule has 0 aromatic heterocycles. The maximum atomic E-state index is 11.3. The molecule has 116 valence electrons. The van der Waals surface area contributed by atoms with E-state index in [1.807, 2.05) is 0 Å². The molecular formula is C16H30N2O2. The summed E-state index contributed by atoms with van der Waals surface area (Å²) in [6, 6.07) is 0. The summed E-state index contributed by atoms with van der Waals surface area (Å²) in [6.45, 7) is 8.20. The zero-order chi connectivity index (χ0) is 14.4. The molecule has 3 unspecified atom stereocenters. The van der Waals surface area contributed by atoms with Crippen molar-refractivity contribution in [1.29, 1.82) is 0 Å². The van der Waals surface area contributed by atoms with Crippen molar-refractivity contribution in [3.63, 3.8) is 0 Å². The second-order valence-corrected chi connectivity index (χ2v) is 7.61. The summed E-state index contributed by atoms with van der Waals surface area (Å²) in [7, 11) is 0. The van der Waals surface area contributed by atoms with Gasteiger partial charge in [0.2, 0.25) is 0 Å². The molecule has 3 aliphatic rings. The fraction of sp³-hybridized carbons (Fsp3) is 1.00. The van der Waals surface area contributed by atoms with Crippen LogP contribution in [0.1, 0.15) is 46.0 Å². The SMILES string of the molecule is CC(C)CN1CCC(O)(C2(CN)CC3CCC2O3)CC1. The lowest BCUT2D eigenvalue weighted by atomic mass is 9.60. The highest BCUT2D eigenvalue weighted by atomic mass is 16.5. The zero-order valence-corrected chi connectivity index (χ0v) is 13.0. The largest absolute Gasteiger partial charge is 0.389 e. The molecule has 3 saturated heterocycles. The number of nitrogens with zero attached hydrogens (tertiary/aromatic N) is 1. The summed E-state index contributed by atoms with van der Waals surface area (Å²) in [5, 5.41) is 11.3. The number of likely N-dealkylation sites (tertiary alicyclic amines) is 1. The zero-order valence-electron chi connectivity index (χ0n) is 13.0. The Bertz CT molecular complexity index is 352. The van der Waals surface area contributed by atoms with E-state index in [-0.39, 0.29) is 11.5 Å². The molecule has 0 aromatic carbocycles. The highest BCUT2D eigenvalue weighted by Gasteiger charge is 2.62. The highest BCUT2D eigenvalue weighted by Crippen LogP contribution is 2.55. The lowest BCUT2D eigenvalue weighted by Gasteiger charge is -2.51. The topological polar surface area (TPSA) is 58.7 Å². The van der Waals surface area contributed by atoms with Crippen LogP contribution in [0.15, 0.2) is 0 Å². The predicted molar refractivity (Wildman–Crippen MR) is 79.5 cm³/mol. The Morgan fingerprint density at radius 3 is 2.45 bits per heavy atom. The van der Waals surface area contributed by atoms with E-state index in [4.69, 9.17) is 10.5 Å². The van der Waals surface area contributed by atoms with E-state index in [0.29, 0.717) is 18.6 Å². The highest BCUT2D eigenvalue weighted by molar-refractivity contribution is 5.12. The Morgan fingerprint density at radius 1 is 1.30 bits per heavy atom. The first-order chi connectivity index (χ1) is 9.49. The maximum absolute atomic E-state index is 11.3. The normalized spacial score (nSPS) is 40.6. The van der Waals surface area contributed by atoms with Gasteiger partial charge in [-0.1, -0.05) is 13.8 Å². The second-order valence-electron chi connectivity index (χ2n) is 7.61. The molecule has 3 aliphatic heterocycles. The third-order valence-corrected chi connectivity index (χ3v) is 5.91. The fourth-order valence-electron chi connectivity index (χ4n) is 4.81. The van der Waals surface area contributed by atoms with E-state index in [1.165, 1.54) is 0 Å². The molecule has 4 heteroatoms. The molecule has 0 aromatic rings. The van der Waals surface area contributed by atoms with Crippen LogP contribution in [0.25, 0.3) is 0 Å². The smallest absolute Gasteiger partial charge is 0.0766 e. The monoisotopic (exact) mass is 282 g/mol. The molecule has 4 nitrogen and oxygen atoms in total. The van der Waals surface area contributed by atoms with Gasteiger partial charge in [0.05, 0.1) is 17.8 Å². The summed E-state index contributed by atoms with van der Waals surface area (Å²) in [5.41, 5.74) is 5.34. The number of hydrogen-bond donors (Lipinski definition) is 2. The van der Waals surface area contributed by atoms with Crippen molar-refractivity contribution in [2.45, 2.75) is 63.8 Å². The fourth-order valence-corrected chi connectivity index (χ4v) is 4.81. The average Bonchev–Trinajstić information content (AvgIpc) is 3.02. The van der Waals surface area contributed by atoms with Crippen molar-refractivity contribution in [2.75, 3.05) is 26.2 Å². The first-order valence-corrected chi connectivity index (χ1v) is 8.29. The predicted octanol–water partition coefficient (Wildman–Crippen LogP) is 1.37. The third kappa shape index (κ3) is 2.21. The first kappa shape index (κ1) is 14.8. The molecule has 3 fully saturated rings. The van der Waals surface area contributed by atoms with Gasteiger partial charge in [0.15, 0.2) is 0 Å². The lowest BCUT2D eigenvalue weighted by molar-refractivity contribution is -0.141. The van der Waals surface area contributed by atoms with Crippen molar-refractivity contribution in [3.8, 4) is 0 Å². The number of nitrogens with two attached hydrogens (primary N) is 1. The van der Waals surface area contributed by atoms with Crippen LogP contribution in [0.2, 0.25) is 0 Å². The Kier molecular flexibility index (Phi) is 3.87. The van der Waals surface area contributed by atoms with Gasteiger partial charge >= 0.3 is 0 Å². The number of ether oxygens (including phenoxy) is 1. The van der Waals surface area contributed by atoms with Crippen molar-refractivity contribution in [3.05, 3.63) is 0 Å². The van der Waals surface area contributed by atoms with E-state index in [1.54, 1.807) is 0 Å². The minimum atomic E-state index is -0.616. The standard InChI is InChI=1S/C16H30N2O2/c1-12(2)10-18-7-5-16(19,6-8-18)15(11-17)9-13-3-4-14(15)20-13/h12-14,19H,3-11,17H2,1-2H3. The molecular weight excluding hydrogens is 252 g/mol. The van der Waals surface area contributed by atoms with Crippen LogP contribution >= 0.6 is 0 Å². The minimum Gasteiger partial charge on any atom is -0.389 e. The van der Waals surface area contributed by atoms with Gasteiger partial charge in [0.1, 0.15) is 0 Å². The Balaban J connectivity index is 1.70. The van der Waals surface area contributed by atoms with Crippen LogP contribution in [0.4, 0.5) is 0 Å². The number of piperidine rings is 1. The van der Waals surface area contributed by atoms with Crippen molar-refractivity contribution >= 4 is 0 Å². The van der Waals surface area contributed by atoms with Gasteiger partial charge in [-0.2, -0.15) is 0 Å². The summed E-state index contributed by atoms with van der Waals surface area (Å²) in [4.78, 5) is 2.48. The Morgan fingerprint density at radius 2 is 2.00 bits per heavy atom. The number of aliphatic hydroxyl groups is 1. The summed E-state index contributed by atoms with van der Waals surface area (Å²) < 4.78 is 6.04. The Hall–Kier alpha value is -0.160. The van der Waals surface area contributed by atoms with E-state index in [2.05, 4.69) is 18.7 Å². The Labute approximate surface area is 122 Å². The first-order valence-electron chi connectivity index (χ1n) is 8.29. The van der Waals surface area contributed by atoms with Gasteiger partial charge < -0.3 is 20.5 Å². The van der Waals surface area contributed by atoms with Crippen molar-refractivity contribution in [2.24, 2.45) is 17.1 Å². The van der Waals surface area contributed by atoms with Gasteiger partial charge in [-0.15, -0.1) is 0 Å². The summed E-state index contributed by atoms with van der Waals surface area (Å²) >= 11 is 0. The quantitative estimate of drug-likeness (QED) is 0.817. The van der Waals surface area contributed by atoms with E-state index in [0.717, 1.165) is 51.7 Å². The third-order valence-electron chi connectivity index (χ3n) is 5.91. The van der Waals surface area contributed by atoms with Crippen LogP contribution in [0, 0.1) is 11.3 Å². The van der Waals surface area contributed by atoms with Crippen molar-refractivity contribution < 1.29 is 9.84 Å². The number of fused-ring (bicyclic) bond motifs is 2. The molecule has 0 spiro atoms. The van der Waals surface area contributed by atoms with Gasteiger partial charge in [-0.3, -0.25) is 0 Å². The molecule has 3 rings (SSSR count). The van der Waals surface area contributed by atoms with Crippen LogP contribution in [-0.2, 0) is 4.74 Å². The van der Waals surface area contributed by atoms with Crippen LogP contribution in [0.5, 0.6) is 0 Å². The molecule has 0 saturated carbocycles. The number of rotatable bonds is 4. The van der Waals surface area contributed by atoms with E-state index in [9.17, 15) is 5.11 Å². The molecule has 3 heterocycles. The van der Waals surface area contributed by atoms with Crippen molar-refractivity contribution in [1.82, 2.24) is 4.90 Å². The summed E-state index contributed by atoms with van der Waals surface area (Å²) in [6.07, 6.45) is 5.45. The molecule has 0 aliphatic carbocycles. The minimum absolute atomic E-state index is 0.181. The number of hydrogen-bond acceptors (Lipinski definition) is 4. The van der Waals surface area contributed by atoms with Gasteiger partial charge in [0, 0.05) is 31.6 Å². The lowest BCUT2D eigenvalue weighted by Crippen LogP contribution is -2.61. The van der Waals surface area contributed by atoms with E-state index >= 15 is 0 Å². The molecule has 2 bridgehead atoms. The maximum Gasteiger partial charge on any atom is 0.0766 e. The van der Waals surface area contributed by atoms with Gasteiger partial charge in [0.25, 0.3) is 0 Å². The molecule has 3 atom stereocenters. The molecule has 0 amide bonds. The average molecular weight is 282 g/mol. The molecule has 3 N–H and O–H groups in total. The van der Waals surface area contributed by atoms with Crippen LogP contribution in [-0.4, -0.2) is 54.0 Å².